The zero-order chi connectivity index (χ0) is 12.1. The number of pyridine rings is 1. The maximum Gasteiger partial charge on any atom is 0.227 e. The quantitative estimate of drug-likeness (QED) is 0.842. The maximum atomic E-state index is 11.8. The normalized spacial score (nSPS) is 18.6. The number of hydrogen-bond donors (Lipinski definition) is 2. The monoisotopic (exact) mass is 234 g/mol. The van der Waals surface area contributed by atoms with Crippen LogP contribution in [0.25, 0.3) is 0 Å². The predicted molar refractivity (Wildman–Crippen MR) is 65.5 cm³/mol. The smallest absolute Gasteiger partial charge is 0.227 e. The Bertz CT molecular complexity index is 372. The van der Waals surface area contributed by atoms with Crippen LogP contribution in [-0.2, 0) is 4.79 Å². The molecule has 1 fully saturated rings. The van der Waals surface area contributed by atoms with E-state index in [2.05, 4.69) is 10.3 Å². The van der Waals surface area contributed by atoms with Crippen LogP contribution in [0.5, 0.6) is 0 Å². The predicted octanol–water partition coefficient (Wildman–Crippen LogP) is 2.11. The van der Waals surface area contributed by atoms with Crippen LogP contribution >= 0.6 is 0 Å². The van der Waals surface area contributed by atoms with Crippen molar-refractivity contribution in [1.29, 1.82) is 0 Å². The lowest BCUT2D eigenvalue weighted by Crippen LogP contribution is -2.35. The first kappa shape index (κ1) is 12.0. The molecule has 1 heterocycles. The molecule has 4 nitrogen and oxygen atoms in total. The molecule has 0 atom stereocenters. The Balaban J connectivity index is 1.88. The molecule has 17 heavy (non-hydrogen) atoms. The van der Waals surface area contributed by atoms with Crippen molar-refractivity contribution < 1.29 is 9.90 Å². The van der Waals surface area contributed by atoms with Gasteiger partial charge in [0, 0.05) is 6.20 Å². The van der Waals surface area contributed by atoms with E-state index in [1.807, 2.05) is 0 Å². The average molecular weight is 234 g/mol. The van der Waals surface area contributed by atoms with E-state index in [1.165, 1.54) is 0 Å². The van der Waals surface area contributed by atoms with Crippen molar-refractivity contribution in [2.24, 2.45) is 0 Å². The van der Waals surface area contributed by atoms with Gasteiger partial charge in [0.05, 0.1) is 23.9 Å². The van der Waals surface area contributed by atoms with Gasteiger partial charge < -0.3 is 10.4 Å². The largest absolute Gasteiger partial charge is 0.389 e. The number of aromatic nitrogens is 1. The van der Waals surface area contributed by atoms with Gasteiger partial charge in [0.15, 0.2) is 0 Å². The fraction of sp³-hybridized carbons (Fsp3) is 0.538. The Labute approximate surface area is 101 Å². The molecule has 0 spiro atoms. The van der Waals surface area contributed by atoms with E-state index in [-0.39, 0.29) is 12.3 Å². The van der Waals surface area contributed by atoms with Crippen LogP contribution < -0.4 is 5.32 Å². The van der Waals surface area contributed by atoms with Crippen molar-refractivity contribution >= 4 is 11.6 Å². The minimum atomic E-state index is -0.801. The van der Waals surface area contributed by atoms with Gasteiger partial charge in [-0.1, -0.05) is 19.3 Å². The third kappa shape index (κ3) is 3.53. The van der Waals surface area contributed by atoms with Gasteiger partial charge in [-0.3, -0.25) is 9.78 Å². The lowest BCUT2D eigenvalue weighted by molar-refractivity contribution is -0.122. The number of anilines is 1. The molecule has 1 aliphatic rings. The number of carbonyl (C=O) groups is 1. The molecule has 1 saturated carbocycles. The van der Waals surface area contributed by atoms with Crippen molar-refractivity contribution in [3.63, 3.8) is 0 Å². The number of nitrogens with one attached hydrogen (secondary N) is 1. The molecule has 1 amide bonds. The molecule has 1 aromatic rings. The lowest BCUT2D eigenvalue weighted by Gasteiger charge is -2.31. The second kappa shape index (κ2) is 5.27. The van der Waals surface area contributed by atoms with Gasteiger partial charge in [0.2, 0.25) is 5.91 Å². The summed E-state index contributed by atoms with van der Waals surface area (Å²) in [6.07, 6.45) is 8.08. The summed E-state index contributed by atoms with van der Waals surface area (Å²) in [5.41, 5.74) is -0.123. The van der Waals surface area contributed by atoms with Gasteiger partial charge in [-0.05, 0) is 25.0 Å². The van der Waals surface area contributed by atoms with Crippen LogP contribution in [0.2, 0.25) is 0 Å². The number of hydrogen-bond acceptors (Lipinski definition) is 3. The highest BCUT2D eigenvalue weighted by Crippen LogP contribution is 2.30. The molecule has 92 valence electrons. The van der Waals surface area contributed by atoms with Gasteiger partial charge in [-0.2, -0.15) is 0 Å². The van der Waals surface area contributed by atoms with E-state index in [0.717, 1.165) is 32.1 Å². The summed E-state index contributed by atoms with van der Waals surface area (Å²) in [6, 6.07) is 3.56. The molecule has 0 aromatic carbocycles. The Morgan fingerprint density at radius 1 is 1.41 bits per heavy atom. The Hall–Kier alpha value is -1.42. The number of amides is 1. The number of nitrogens with zero attached hydrogens (tertiary/aromatic N) is 1. The van der Waals surface area contributed by atoms with E-state index in [1.54, 1.807) is 24.5 Å². The molecule has 0 bridgehead atoms. The highest BCUT2D eigenvalue weighted by Gasteiger charge is 2.31. The van der Waals surface area contributed by atoms with E-state index in [9.17, 15) is 9.90 Å². The molecule has 0 unspecified atom stereocenters. The SMILES string of the molecule is O=C(CC1(O)CCCCC1)Nc1cccnc1. The van der Waals surface area contributed by atoms with Crippen LogP contribution in [0.1, 0.15) is 38.5 Å². The van der Waals surface area contributed by atoms with Crippen molar-refractivity contribution in [3.05, 3.63) is 24.5 Å². The second-order valence-electron chi connectivity index (χ2n) is 4.75. The summed E-state index contributed by atoms with van der Waals surface area (Å²) in [4.78, 5) is 15.7. The standard InChI is InChI=1S/C13H18N2O2/c16-12(15-11-5-4-8-14-10-11)9-13(17)6-2-1-3-7-13/h4-5,8,10,17H,1-3,6-7,9H2,(H,15,16). The molecular formula is C13H18N2O2. The highest BCUT2D eigenvalue weighted by molar-refractivity contribution is 5.91. The summed E-state index contributed by atoms with van der Waals surface area (Å²) in [6.45, 7) is 0. The zero-order valence-corrected chi connectivity index (χ0v) is 9.85. The third-order valence-corrected chi connectivity index (χ3v) is 3.22. The molecule has 0 aliphatic heterocycles. The molecule has 0 radical (unpaired) electrons. The Kier molecular flexibility index (Phi) is 3.74. The van der Waals surface area contributed by atoms with Crippen LogP contribution in [0.3, 0.4) is 0 Å². The van der Waals surface area contributed by atoms with Crippen molar-refractivity contribution in [2.45, 2.75) is 44.1 Å². The Morgan fingerprint density at radius 3 is 2.82 bits per heavy atom. The minimum absolute atomic E-state index is 0.137. The first-order chi connectivity index (χ1) is 8.18. The topological polar surface area (TPSA) is 62.2 Å². The fourth-order valence-corrected chi connectivity index (χ4v) is 2.33. The molecule has 4 heteroatoms. The Morgan fingerprint density at radius 2 is 2.18 bits per heavy atom. The van der Waals surface area contributed by atoms with Crippen LogP contribution in [-0.4, -0.2) is 21.6 Å². The first-order valence-electron chi connectivity index (χ1n) is 6.10. The van der Waals surface area contributed by atoms with E-state index in [4.69, 9.17) is 0 Å². The van der Waals surface area contributed by atoms with E-state index in [0.29, 0.717) is 5.69 Å². The summed E-state index contributed by atoms with van der Waals surface area (Å²) in [7, 11) is 0. The molecule has 1 aliphatic carbocycles. The fourth-order valence-electron chi connectivity index (χ4n) is 2.33. The molecule has 1 aromatic heterocycles. The summed E-state index contributed by atoms with van der Waals surface area (Å²) in [5, 5.41) is 13.0. The number of rotatable bonds is 3. The molecule has 2 rings (SSSR count). The second-order valence-corrected chi connectivity index (χ2v) is 4.75. The van der Waals surface area contributed by atoms with Gasteiger partial charge in [-0.25, -0.2) is 0 Å². The van der Waals surface area contributed by atoms with Crippen molar-refractivity contribution in [3.8, 4) is 0 Å². The van der Waals surface area contributed by atoms with E-state index < -0.39 is 5.60 Å². The lowest BCUT2D eigenvalue weighted by atomic mass is 9.82. The van der Waals surface area contributed by atoms with Crippen molar-refractivity contribution in [1.82, 2.24) is 4.98 Å². The summed E-state index contributed by atoms with van der Waals surface area (Å²) in [5.74, 6) is -0.137. The van der Waals surface area contributed by atoms with Gasteiger partial charge in [0.25, 0.3) is 0 Å². The number of carbonyl (C=O) groups excluding carboxylic acids is 1. The maximum absolute atomic E-state index is 11.8. The van der Waals surface area contributed by atoms with Crippen LogP contribution in [0.4, 0.5) is 5.69 Å². The van der Waals surface area contributed by atoms with Gasteiger partial charge in [0.1, 0.15) is 0 Å². The summed E-state index contributed by atoms with van der Waals surface area (Å²) >= 11 is 0. The molecule has 2 N–H and O–H groups in total. The highest BCUT2D eigenvalue weighted by atomic mass is 16.3. The average Bonchev–Trinajstić information content (AvgIpc) is 2.30. The third-order valence-electron chi connectivity index (χ3n) is 3.22. The van der Waals surface area contributed by atoms with Crippen LogP contribution in [0.15, 0.2) is 24.5 Å². The van der Waals surface area contributed by atoms with Gasteiger partial charge >= 0.3 is 0 Å². The summed E-state index contributed by atoms with van der Waals surface area (Å²) < 4.78 is 0. The molecule has 0 saturated heterocycles. The van der Waals surface area contributed by atoms with E-state index >= 15 is 0 Å². The van der Waals surface area contributed by atoms with Crippen LogP contribution in [0, 0.1) is 0 Å². The molecular weight excluding hydrogens is 216 g/mol. The van der Waals surface area contributed by atoms with Gasteiger partial charge in [-0.15, -0.1) is 0 Å². The first-order valence-corrected chi connectivity index (χ1v) is 6.10. The number of aliphatic hydroxyl groups is 1. The minimum Gasteiger partial charge on any atom is -0.389 e. The van der Waals surface area contributed by atoms with Crippen molar-refractivity contribution in [2.75, 3.05) is 5.32 Å². The zero-order valence-electron chi connectivity index (χ0n) is 9.85.